The number of carbonyl (C=O) groups excluding carboxylic acids is 1. The molecule has 0 saturated carbocycles. The third-order valence-electron chi connectivity index (χ3n) is 5.03. The van der Waals surface area contributed by atoms with Crippen molar-refractivity contribution >= 4 is 23.4 Å². The van der Waals surface area contributed by atoms with Gasteiger partial charge in [-0.2, -0.15) is 0 Å². The van der Waals surface area contributed by atoms with Crippen LogP contribution in [-0.4, -0.2) is 33.0 Å². The number of carbonyl (C=O) groups is 1. The summed E-state index contributed by atoms with van der Waals surface area (Å²) in [6.45, 7) is 2.24. The summed E-state index contributed by atoms with van der Waals surface area (Å²) in [5.41, 5.74) is 1.97. The first-order valence-electron chi connectivity index (χ1n) is 10.4. The van der Waals surface area contributed by atoms with E-state index in [1.54, 1.807) is 44.4 Å². The zero-order valence-electron chi connectivity index (χ0n) is 18.2. The van der Waals surface area contributed by atoms with E-state index in [0.29, 0.717) is 34.5 Å². The predicted octanol–water partition coefficient (Wildman–Crippen LogP) is 5.26. The maximum Gasteiger partial charge on any atom is 0.237 e. The summed E-state index contributed by atoms with van der Waals surface area (Å²) >= 11 is 1.27. The zero-order valence-corrected chi connectivity index (χ0v) is 19.1. The number of amides is 1. The van der Waals surface area contributed by atoms with Gasteiger partial charge in [-0.3, -0.25) is 9.36 Å². The molecule has 0 aliphatic carbocycles. The molecule has 1 aromatic heterocycles. The number of hydrogen-bond acceptors (Lipinski definition) is 5. The van der Waals surface area contributed by atoms with E-state index in [1.165, 1.54) is 17.8 Å². The Morgan fingerprint density at radius 1 is 1.03 bits per heavy atom. The molecule has 1 atom stereocenters. The van der Waals surface area contributed by atoms with E-state index in [2.05, 4.69) is 15.5 Å². The molecule has 0 spiro atoms. The molecule has 1 unspecified atom stereocenters. The molecule has 3 aromatic carbocycles. The van der Waals surface area contributed by atoms with E-state index in [9.17, 15) is 9.18 Å². The minimum atomic E-state index is -0.484. The quantitative estimate of drug-likeness (QED) is 0.362. The lowest BCUT2D eigenvalue weighted by Gasteiger charge is -2.15. The Hall–Kier alpha value is -3.65. The summed E-state index contributed by atoms with van der Waals surface area (Å²) in [6, 6.07) is 23.5. The Morgan fingerprint density at radius 2 is 1.73 bits per heavy atom. The van der Waals surface area contributed by atoms with Gasteiger partial charge in [0.15, 0.2) is 11.0 Å². The molecule has 168 valence electrons. The minimum absolute atomic E-state index is 0.203. The van der Waals surface area contributed by atoms with Gasteiger partial charge in [0, 0.05) is 0 Å². The van der Waals surface area contributed by atoms with E-state index in [0.717, 1.165) is 5.56 Å². The Balaban J connectivity index is 1.61. The second-order valence-electron chi connectivity index (χ2n) is 7.31. The van der Waals surface area contributed by atoms with Crippen LogP contribution in [0.4, 0.5) is 10.1 Å². The molecule has 1 amide bonds. The standard InChI is InChI=1S/C25H23FN4O2S/c1-17(24(31)27-21-14-8-9-15-22(21)32-2)33-25-29-28-23(19-12-6-7-13-20(19)26)30(25)16-18-10-4-3-5-11-18/h3-15,17H,16H2,1-2H3,(H,27,31). The number of thioether (sulfide) groups is 1. The molecule has 0 bridgehead atoms. The molecular weight excluding hydrogens is 439 g/mol. The van der Waals surface area contributed by atoms with Crippen LogP contribution >= 0.6 is 11.8 Å². The van der Waals surface area contributed by atoms with Crippen LogP contribution in [0.25, 0.3) is 11.4 Å². The molecule has 0 fully saturated rings. The monoisotopic (exact) mass is 462 g/mol. The van der Waals surface area contributed by atoms with Gasteiger partial charge in [-0.25, -0.2) is 4.39 Å². The van der Waals surface area contributed by atoms with Crippen molar-refractivity contribution in [3.8, 4) is 17.1 Å². The summed E-state index contributed by atoms with van der Waals surface area (Å²) in [7, 11) is 1.56. The number of methoxy groups -OCH3 is 1. The average Bonchev–Trinajstić information content (AvgIpc) is 3.22. The fourth-order valence-electron chi connectivity index (χ4n) is 3.32. The molecule has 6 nitrogen and oxygen atoms in total. The summed E-state index contributed by atoms with van der Waals surface area (Å²) in [6.07, 6.45) is 0. The number of aromatic nitrogens is 3. The highest BCUT2D eigenvalue weighted by Crippen LogP contribution is 2.30. The Morgan fingerprint density at radius 3 is 2.48 bits per heavy atom. The minimum Gasteiger partial charge on any atom is -0.495 e. The lowest BCUT2D eigenvalue weighted by molar-refractivity contribution is -0.115. The third kappa shape index (κ3) is 5.23. The van der Waals surface area contributed by atoms with Crippen molar-refractivity contribution in [2.45, 2.75) is 23.9 Å². The number of anilines is 1. The molecule has 0 aliphatic heterocycles. The molecular formula is C25H23FN4O2S. The molecule has 0 radical (unpaired) electrons. The van der Waals surface area contributed by atoms with Crippen molar-refractivity contribution in [2.75, 3.05) is 12.4 Å². The Labute approximate surface area is 195 Å². The first-order valence-corrected chi connectivity index (χ1v) is 11.3. The Kier molecular flexibility index (Phi) is 7.04. The number of halogens is 1. The van der Waals surface area contributed by atoms with Crippen LogP contribution in [0, 0.1) is 5.82 Å². The smallest absolute Gasteiger partial charge is 0.237 e. The van der Waals surface area contributed by atoms with Crippen LogP contribution in [0.1, 0.15) is 12.5 Å². The van der Waals surface area contributed by atoms with Crippen molar-refractivity contribution in [3.63, 3.8) is 0 Å². The summed E-state index contributed by atoms with van der Waals surface area (Å²) < 4.78 is 21.7. The molecule has 1 N–H and O–H groups in total. The number of hydrogen-bond donors (Lipinski definition) is 1. The van der Waals surface area contributed by atoms with Gasteiger partial charge >= 0.3 is 0 Å². The second-order valence-corrected chi connectivity index (χ2v) is 8.62. The van der Waals surface area contributed by atoms with Crippen LogP contribution in [-0.2, 0) is 11.3 Å². The number of para-hydroxylation sites is 2. The van der Waals surface area contributed by atoms with Gasteiger partial charge < -0.3 is 10.1 Å². The first-order chi connectivity index (χ1) is 16.1. The fraction of sp³-hybridized carbons (Fsp3) is 0.160. The van der Waals surface area contributed by atoms with E-state index >= 15 is 0 Å². The van der Waals surface area contributed by atoms with Crippen LogP contribution in [0.5, 0.6) is 5.75 Å². The molecule has 0 saturated heterocycles. The molecule has 8 heteroatoms. The predicted molar refractivity (Wildman–Crippen MR) is 128 cm³/mol. The van der Waals surface area contributed by atoms with Crippen molar-refractivity contribution in [1.82, 2.24) is 14.8 Å². The number of nitrogens with zero attached hydrogens (tertiary/aromatic N) is 3. The van der Waals surface area contributed by atoms with Gasteiger partial charge in [0.25, 0.3) is 0 Å². The van der Waals surface area contributed by atoms with Gasteiger partial charge in [-0.05, 0) is 36.8 Å². The molecule has 1 heterocycles. The van der Waals surface area contributed by atoms with Crippen molar-refractivity contribution in [1.29, 1.82) is 0 Å². The van der Waals surface area contributed by atoms with E-state index in [-0.39, 0.29) is 11.7 Å². The zero-order chi connectivity index (χ0) is 23.2. The van der Waals surface area contributed by atoms with E-state index in [1.807, 2.05) is 47.0 Å². The van der Waals surface area contributed by atoms with Crippen molar-refractivity contribution < 1.29 is 13.9 Å². The van der Waals surface area contributed by atoms with Crippen LogP contribution in [0.2, 0.25) is 0 Å². The highest BCUT2D eigenvalue weighted by Gasteiger charge is 2.23. The highest BCUT2D eigenvalue weighted by molar-refractivity contribution is 8.00. The van der Waals surface area contributed by atoms with Crippen molar-refractivity contribution in [2.24, 2.45) is 0 Å². The first kappa shape index (κ1) is 22.5. The normalized spacial score (nSPS) is 11.7. The number of benzene rings is 3. The fourth-order valence-corrected chi connectivity index (χ4v) is 4.17. The lowest BCUT2D eigenvalue weighted by Crippen LogP contribution is -2.23. The average molecular weight is 463 g/mol. The maximum absolute atomic E-state index is 14.5. The van der Waals surface area contributed by atoms with Gasteiger partial charge in [0.2, 0.25) is 5.91 Å². The van der Waals surface area contributed by atoms with Gasteiger partial charge in [0.05, 0.1) is 30.2 Å². The van der Waals surface area contributed by atoms with E-state index < -0.39 is 5.25 Å². The number of rotatable bonds is 8. The van der Waals surface area contributed by atoms with Gasteiger partial charge in [0.1, 0.15) is 11.6 Å². The van der Waals surface area contributed by atoms with Gasteiger partial charge in [-0.1, -0.05) is 66.4 Å². The van der Waals surface area contributed by atoms with Crippen molar-refractivity contribution in [3.05, 3.63) is 90.2 Å². The second kappa shape index (κ2) is 10.3. The Bertz CT molecular complexity index is 1250. The molecule has 4 rings (SSSR count). The molecule has 4 aromatic rings. The summed E-state index contributed by atoms with van der Waals surface area (Å²) in [5.74, 6) is 0.415. The highest BCUT2D eigenvalue weighted by atomic mass is 32.2. The lowest BCUT2D eigenvalue weighted by atomic mass is 10.2. The number of ether oxygens (including phenoxy) is 1. The third-order valence-corrected chi connectivity index (χ3v) is 6.11. The molecule has 33 heavy (non-hydrogen) atoms. The van der Waals surface area contributed by atoms with Gasteiger partial charge in [-0.15, -0.1) is 10.2 Å². The maximum atomic E-state index is 14.5. The van der Waals surface area contributed by atoms with Crippen LogP contribution in [0.3, 0.4) is 0 Å². The van der Waals surface area contributed by atoms with Crippen LogP contribution < -0.4 is 10.1 Å². The SMILES string of the molecule is COc1ccccc1NC(=O)C(C)Sc1nnc(-c2ccccc2F)n1Cc1ccccc1. The number of nitrogens with one attached hydrogen (secondary N) is 1. The largest absolute Gasteiger partial charge is 0.495 e. The molecule has 0 aliphatic rings. The van der Waals surface area contributed by atoms with Crippen LogP contribution in [0.15, 0.2) is 84.0 Å². The summed E-state index contributed by atoms with van der Waals surface area (Å²) in [4.78, 5) is 12.9. The summed E-state index contributed by atoms with van der Waals surface area (Å²) in [5, 5.41) is 11.5. The topological polar surface area (TPSA) is 69.0 Å². The van der Waals surface area contributed by atoms with E-state index in [4.69, 9.17) is 4.74 Å².